The van der Waals surface area contributed by atoms with Crippen molar-refractivity contribution < 1.29 is 17.9 Å². The van der Waals surface area contributed by atoms with E-state index >= 15 is 0 Å². The van der Waals surface area contributed by atoms with Crippen molar-refractivity contribution in [2.45, 2.75) is 39.0 Å². The van der Waals surface area contributed by atoms with Gasteiger partial charge in [-0.15, -0.1) is 0 Å². The molecule has 2 aliphatic rings. The highest BCUT2D eigenvalue weighted by Gasteiger charge is 2.35. The topological polar surface area (TPSA) is 79.0 Å². The second-order valence-electron chi connectivity index (χ2n) is 8.34. The summed E-state index contributed by atoms with van der Waals surface area (Å²) in [4.78, 5) is 15.3. The summed E-state index contributed by atoms with van der Waals surface area (Å²) < 4.78 is 31.8. The molecule has 0 aliphatic carbocycles. The van der Waals surface area contributed by atoms with E-state index in [0.29, 0.717) is 18.0 Å². The minimum absolute atomic E-state index is 0.0451. The number of amides is 1. The molecule has 1 amide bonds. The summed E-state index contributed by atoms with van der Waals surface area (Å²) in [5, 5.41) is 2.94. The first kappa shape index (κ1) is 21.6. The number of sulfonamides is 1. The Balaban J connectivity index is 1.46. The van der Waals surface area contributed by atoms with E-state index < -0.39 is 16.1 Å². The molecule has 31 heavy (non-hydrogen) atoms. The zero-order chi connectivity index (χ0) is 22.0. The van der Waals surface area contributed by atoms with Crippen LogP contribution in [0.2, 0.25) is 0 Å². The van der Waals surface area contributed by atoms with Gasteiger partial charge in [-0.25, -0.2) is 8.42 Å². The van der Waals surface area contributed by atoms with Crippen molar-refractivity contribution >= 4 is 21.6 Å². The van der Waals surface area contributed by atoms with Crippen LogP contribution >= 0.6 is 0 Å². The van der Waals surface area contributed by atoms with Gasteiger partial charge in [0.1, 0.15) is 5.75 Å². The summed E-state index contributed by atoms with van der Waals surface area (Å²) in [6, 6.07) is 13.4. The van der Waals surface area contributed by atoms with Crippen LogP contribution in [0.1, 0.15) is 29.5 Å². The molecule has 1 N–H and O–H groups in total. The molecule has 1 fully saturated rings. The number of nitrogens with zero attached hydrogens (tertiary/aromatic N) is 2. The molecule has 0 aromatic heterocycles. The first-order chi connectivity index (χ1) is 14.8. The van der Waals surface area contributed by atoms with Crippen molar-refractivity contribution in [2.75, 3.05) is 30.2 Å². The van der Waals surface area contributed by atoms with Gasteiger partial charge in [0, 0.05) is 13.1 Å². The Morgan fingerprint density at radius 1 is 1.13 bits per heavy atom. The van der Waals surface area contributed by atoms with E-state index in [0.717, 1.165) is 37.0 Å². The molecule has 0 unspecified atom stereocenters. The molecule has 0 bridgehead atoms. The second-order valence-corrected chi connectivity index (χ2v) is 10.2. The van der Waals surface area contributed by atoms with Crippen molar-refractivity contribution in [2.24, 2.45) is 0 Å². The maximum absolute atomic E-state index is 12.9. The summed E-state index contributed by atoms with van der Waals surface area (Å²) >= 11 is 0. The standard InChI is InChI=1S/C23H29N3O4S/c1-17-9-10-21-20(13-17)26(31(2,28)29)16-22(30-21)23(27)24-14-18-7-3-4-8-19(18)15-25-11-5-6-12-25/h3-4,7-10,13,22H,5-6,11-12,14-16H2,1-2H3,(H,24,27)/t22-/m1/s1. The van der Waals surface area contributed by atoms with Gasteiger partial charge < -0.3 is 10.1 Å². The number of anilines is 1. The first-order valence-corrected chi connectivity index (χ1v) is 12.5. The molecule has 2 aliphatic heterocycles. The predicted octanol–water partition coefficient (Wildman–Crippen LogP) is 2.43. The maximum atomic E-state index is 12.9. The van der Waals surface area contributed by atoms with Crippen LogP contribution in [-0.4, -0.2) is 51.2 Å². The van der Waals surface area contributed by atoms with Crippen molar-refractivity contribution in [3.05, 3.63) is 59.2 Å². The molecule has 1 atom stereocenters. The summed E-state index contributed by atoms with van der Waals surface area (Å²) in [5.41, 5.74) is 3.67. The Morgan fingerprint density at radius 2 is 1.84 bits per heavy atom. The summed E-state index contributed by atoms with van der Waals surface area (Å²) in [6.07, 6.45) is 2.70. The maximum Gasteiger partial charge on any atom is 0.263 e. The lowest BCUT2D eigenvalue weighted by molar-refractivity contribution is -0.127. The van der Waals surface area contributed by atoms with E-state index in [2.05, 4.69) is 16.3 Å². The number of hydrogen-bond acceptors (Lipinski definition) is 5. The van der Waals surface area contributed by atoms with E-state index in [9.17, 15) is 13.2 Å². The minimum Gasteiger partial charge on any atom is -0.476 e. The fourth-order valence-electron chi connectivity index (χ4n) is 4.17. The molecule has 0 spiro atoms. The zero-order valence-corrected chi connectivity index (χ0v) is 18.8. The third-order valence-electron chi connectivity index (χ3n) is 5.84. The second kappa shape index (κ2) is 8.88. The van der Waals surface area contributed by atoms with Gasteiger partial charge >= 0.3 is 0 Å². The molecule has 1 saturated heterocycles. The van der Waals surface area contributed by atoms with Crippen molar-refractivity contribution in [1.29, 1.82) is 0 Å². The molecule has 7 nitrogen and oxygen atoms in total. The summed E-state index contributed by atoms with van der Waals surface area (Å²) in [5.74, 6) is 0.0766. The zero-order valence-electron chi connectivity index (χ0n) is 18.0. The number of aryl methyl sites for hydroxylation is 1. The van der Waals surface area contributed by atoms with Crippen molar-refractivity contribution in [1.82, 2.24) is 10.2 Å². The molecular weight excluding hydrogens is 414 g/mol. The number of likely N-dealkylation sites (tertiary alicyclic amines) is 1. The van der Waals surface area contributed by atoms with Crippen LogP contribution in [0.25, 0.3) is 0 Å². The largest absolute Gasteiger partial charge is 0.476 e. The number of ether oxygens (including phenoxy) is 1. The summed E-state index contributed by atoms with van der Waals surface area (Å²) in [7, 11) is -3.54. The number of hydrogen-bond donors (Lipinski definition) is 1. The molecule has 8 heteroatoms. The lowest BCUT2D eigenvalue weighted by Gasteiger charge is -2.34. The van der Waals surface area contributed by atoms with E-state index in [1.807, 2.05) is 31.2 Å². The van der Waals surface area contributed by atoms with Crippen LogP contribution in [0, 0.1) is 6.92 Å². The Labute approximate surface area is 184 Å². The Kier molecular flexibility index (Phi) is 6.20. The third-order valence-corrected chi connectivity index (χ3v) is 6.99. The van der Waals surface area contributed by atoms with Crippen LogP contribution in [-0.2, 0) is 27.9 Å². The number of carbonyl (C=O) groups excluding carboxylic acids is 1. The normalized spacial score (nSPS) is 19.0. The van der Waals surface area contributed by atoms with Gasteiger partial charge in [-0.2, -0.15) is 0 Å². The van der Waals surface area contributed by atoms with Crippen LogP contribution < -0.4 is 14.4 Å². The average Bonchev–Trinajstić information content (AvgIpc) is 3.24. The number of benzene rings is 2. The Bertz CT molecular complexity index is 1060. The highest BCUT2D eigenvalue weighted by atomic mass is 32.2. The van der Waals surface area contributed by atoms with Crippen molar-refractivity contribution in [3.63, 3.8) is 0 Å². The molecule has 0 radical (unpaired) electrons. The summed E-state index contributed by atoms with van der Waals surface area (Å²) in [6.45, 7) is 5.31. The fourth-order valence-corrected chi connectivity index (χ4v) is 5.08. The number of carbonyl (C=O) groups is 1. The van der Waals surface area contributed by atoms with E-state index in [-0.39, 0.29) is 12.5 Å². The predicted molar refractivity (Wildman–Crippen MR) is 121 cm³/mol. The molecule has 0 saturated carbocycles. The highest BCUT2D eigenvalue weighted by Crippen LogP contribution is 2.35. The molecule has 4 rings (SSSR count). The van der Waals surface area contributed by atoms with E-state index in [1.165, 1.54) is 22.7 Å². The number of rotatable bonds is 6. The minimum atomic E-state index is -3.54. The Morgan fingerprint density at radius 3 is 2.55 bits per heavy atom. The number of fused-ring (bicyclic) bond motifs is 1. The smallest absolute Gasteiger partial charge is 0.263 e. The molecule has 2 aromatic rings. The molecular formula is C23H29N3O4S. The van der Waals surface area contributed by atoms with E-state index in [4.69, 9.17) is 4.74 Å². The van der Waals surface area contributed by atoms with Gasteiger partial charge in [0.2, 0.25) is 10.0 Å². The lowest BCUT2D eigenvalue weighted by Crippen LogP contribution is -2.50. The van der Waals surface area contributed by atoms with E-state index in [1.54, 1.807) is 12.1 Å². The quantitative estimate of drug-likeness (QED) is 0.742. The van der Waals surface area contributed by atoms with Crippen LogP contribution in [0.3, 0.4) is 0 Å². The average molecular weight is 444 g/mol. The lowest BCUT2D eigenvalue weighted by atomic mass is 10.1. The highest BCUT2D eigenvalue weighted by molar-refractivity contribution is 7.92. The molecule has 166 valence electrons. The van der Waals surface area contributed by atoms with Gasteiger partial charge in [0.25, 0.3) is 5.91 Å². The molecule has 2 heterocycles. The van der Waals surface area contributed by atoms with Gasteiger partial charge in [-0.1, -0.05) is 30.3 Å². The fraction of sp³-hybridized carbons (Fsp3) is 0.435. The SMILES string of the molecule is Cc1ccc2c(c1)N(S(C)(=O)=O)C[C@H](C(=O)NCc1ccccc1CN1CCCC1)O2. The first-order valence-electron chi connectivity index (χ1n) is 10.6. The van der Waals surface area contributed by atoms with Gasteiger partial charge in [-0.3, -0.25) is 14.0 Å². The molecule has 2 aromatic carbocycles. The Hall–Kier alpha value is -2.58. The van der Waals surface area contributed by atoms with Crippen LogP contribution in [0.4, 0.5) is 5.69 Å². The van der Waals surface area contributed by atoms with Crippen LogP contribution in [0.15, 0.2) is 42.5 Å². The van der Waals surface area contributed by atoms with Gasteiger partial charge in [0.15, 0.2) is 6.10 Å². The van der Waals surface area contributed by atoms with Crippen LogP contribution in [0.5, 0.6) is 5.75 Å². The van der Waals surface area contributed by atoms with Gasteiger partial charge in [0.05, 0.1) is 18.5 Å². The van der Waals surface area contributed by atoms with Crippen molar-refractivity contribution in [3.8, 4) is 5.75 Å². The van der Waals surface area contributed by atoms with Gasteiger partial charge in [-0.05, 0) is 61.7 Å². The monoisotopic (exact) mass is 443 g/mol. The number of nitrogens with one attached hydrogen (secondary N) is 1. The third kappa shape index (κ3) is 5.02.